The van der Waals surface area contributed by atoms with Crippen molar-refractivity contribution in [2.75, 3.05) is 31.5 Å². The van der Waals surface area contributed by atoms with Crippen LogP contribution in [0, 0.1) is 12.3 Å². The Labute approximate surface area is 259 Å². The summed E-state index contributed by atoms with van der Waals surface area (Å²) in [6.45, 7) is 11.5. The molecule has 2 aliphatic rings. The number of carbonyl (C=O) groups excluding carboxylic acids is 2. The first-order chi connectivity index (χ1) is 21.0. The number of fused-ring (bicyclic) bond motifs is 1. The summed E-state index contributed by atoms with van der Waals surface area (Å²) in [5, 5.41) is 14.2. The van der Waals surface area contributed by atoms with Crippen molar-refractivity contribution in [3.05, 3.63) is 65.3 Å². The molecule has 0 bridgehead atoms. The zero-order valence-corrected chi connectivity index (χ0v) is 26.2. The Hall–Kier alpha value is -3.83. The molecule has 11 heteroatoms. The van der Waals surface area contributed by atoms with Crippen molar-refractivity contribution < 1.29 is 23.8 Å². The molecule has 1 saturated heterocycles. The molecule has 44 heavy (non-hydrogen) atoms. The molecule has 236 valence electrons. The Bertz CT molecular complexity index is 1440. The lowest BCUT2D eigenvalue weighted by atomic mass is 9.93. The molecule has 3 aromatic rings. The summed E-state index contributed by atoms with van der Waals surface area (Å²) in [6, 6.07) is 7.99. The molecule has 0 unspecified atom stereocenters. The van der Waals surface area contributed by atoms with Gasteiger partial charge in [0.15, 0.2) is 17.9 Å². The number of aryl methyl sites for hydroxylation is 1. The monoisotopic (exact) mass is 604 g/mol. The van der Waals surface area contributed by atoms with Crippen LogP contribution in [0.25, 0.3) is 0 Å². The number of carbonyl (C=O) groups is 2. The molecule has 1 fully saturated rings. The number of β-amino-alcohol motifs (C(OH)–C–C–N with tert-alkyl or cyclic N) is 1. The van der Waals surface area contributed by atoms with E-state index < -0.39 is 6.10 Å². The Morgan fingerprint density at radius 1 is 1.11 bits per heavy atom. The molecule has 4 heterocycles. The van der Waals surface area contributed by atoms with Crippen LogP contribution in [0.2, 0.25) is 0 Å². The highest BCUT2D eigenvalue weighted by Gasteiger charge is 2.30. The number of Topliss-reactive ketones (excluding diaryl/α,β-unsaturated/α-hetero) is 1. The highest BCUT2D eigenvalue weighted by molar-refractivity contribution is 5.94. The second kappa shape index (κ2) is 13.9. The van der Waals surface area contributed by atoms with Crippen molar-refractivity contribution in [2.45, 2.75) is 85.1 Å². The summed E-state index contributed by atoms with van der Waals surface area (Å²) in [6.07, 6.45) is 5.29. The molecule has 11 nitrogen and oxygen atoms in total. The summed E-state index contributed by atoms with van der Waals surface area (Å²) in [5.74, 6) is 2.19. The van der Waals surface area contributed by atoms with E-state index >= 15 is 0 Å². The number of likely N-dealkylation sites (tertiary alicyclic amines) is 1. The topological polar surface area (TPSA) is 134 Å². The highest BCUT2D eigenvalue weighted by Crippen LogP contribution is 2.26. The van der Waals surface area contributed by atoms with Gasteiger partial charge in [-0.1, -0.05) is 26.8 Å². The van der Waals surface area contributed by atoms with Crippen LogP contribution >= 0.6 is 0 Å². The number of ether oxygens (including phenoxy) is 1. The van der Waals surface area contributed by atoms with Crippen LogP contribution in [-0.2, 0) is 24.4 Å². The third-order valence-corrected chi connectivity index (χ3v) is 8.39. The predicted molar refractivity (Wildman–Crippen MR) is 165 cm³/mol. The summed E-state index contributed by atoms with van der Waals surface area (Å²) < 4.78 is 11.3. The van der Waals surface area contributed by atoms with E-state index in [1.165, 1.54) is 23.8 Å². The Balaban J connectivity index is 1.05. The quantitative estimate of drug-likeness (QED) is 0.307. The van der Waals surface area contributed by atoms with Gasteiger partial charge in [0.1, 0.15) is 30.2 Å². The van der Waals surface area contributed by atoms with E-state index in [4.69, 9.17) is 9.15 Å². The maximum Gasteiger partial charge on any atom is 0.227 e. The number of aliphatic hydroxyl groups excluding tert-OH is 1. The SMILES string of the molecule is Cc1ncoc1COc1ccc2c(c1)CCN(C[C@@H](O)CCC(=O)c1cc(NC3CCN(C(=O)C(C)(C)C)CC3)ncn1)C2. The fraction of sp³-hybridized carbons (Fsp3) is 0.545. The number of nitrogens with one attached hydrogen (secondary N) is 1. The van der Waals surface area contributed by atoms with Crippen molar-refractivity contribution in [1.29, 1.82) is 0 Å². The van der Waals surface area contributed by atoms with Crippen molar-refractivity contribution in [1.82, 2.24) is 24.8 Å². The van der Waals surface area contributed by atoms with E-state index in [0.717, 1.165) is 49.6 Å². The van der Waals surface area contributed by atoms with Gasteiger partial charge in [0.2, 0.25) is 5.91 Å². The van der Waals surface area contributed by atoms with Gasteiger partial charge < -0.3 is 24.5 Å². The summed E-state index contributed by atoms with van der Waals surface area (Å²) >= 11 is 0. The van der Waals surface area contributed by atoms with Gasteiger partial charge >= 0.3 is 0 Å². The first-order valence-corrected chi connectivity index (χ1v) is 15.5. The lowest BCUT2D eigenvalue weighted by molar-refractivity contribution is -0.140. The van der Waals surface area contributed by atoms with Crippen molar-refractivity contribution in [3.8, 4) is 5.75 Å². The second-order valence-electron chi connectivity index (χ2n) is 12.9. The lowest BCUT2D eigenvalue weighted by Gasteiger charge is -2.36. The minimum absolute atomic E-state index is 0.114. The first-order valence-electron chi connectivity index (χ1n) is 15.5. The predicted octanol–water partition coefficient (Wildman–Crippen LogP) is 4.18. The molecule has 0 radical (unpaired) electrons. The third kappa shape index (κ3) is 8.21. The molecule has 2 aliphatic heterocycles. The Morgan fingerprint density at radius 2 is 1.91 bits per heavy atom. The van der Waals surface area contributed by atoms with Gasteiger partial charge in [-0.15, -0.1) is 0 Å². The van der Waals surface area contributed by atoms with Crippen LogP contribution in [0.15, 0.2) is 41.4 Å². The summed E-state index contributed by atoms with van der Waals surface area (Å²) in [5.41, 5.74) is 3.26. The van der Waals surface area contributed by atoms with Crippen molar-refractivity contribution in [2.24, 2.45) is 5.41 Å². The molecule has 2 aromatic heterocycles. The molecular weight excluding hydrogens is 560 g/mol. The summed E-state index contributed by atoms with van der Waals surface area (Å²) in [7, 11) is 0. The fourth-order valence-corrected chi connectivity index (χ4v) is 5.76. The molecule has 2 N–H and O–H groups in total. The average Bonchev–Trinajstić information content (AvgIpc) is 3.42. The van der Waals surface area contributed by atoms with Crippen LogP contribution in [0.1, 0.15) is 79.5 Å². The average molecular weight is 605 g/mol. The number of amides is 1. The number of hydrogen-bond donors (Lipinski definition) is 2. The zero-order valence-electron chi connectivity index (χ0n) is 26.2. The van der Waals surface area contributed by atoms with E-state index in [9.17, 15) is 14.7 Å². The smallest absolute Gasteiger partial charge is 0.227 e. The van der Waals surface area contributed by atoms with Gasteiger partial charge in [-0.05, 0) is 55.9 Å². The van der Waals surface area contributed by atoms with Gasteiger partial charge in [0.05, 0.1) is 11.8 Å². The maximum atomic E-state index is 12.9. The minimum atomic E-state index is -0.617. The van der Waals surface area contributed by atoms with E-state index in [1.54, 1.807) is 6.07 Å². The number of hydrogen-bond acceptors (Lipinski definition) is 10. The molecule has 5 rings (SSSR count). The molecule has 0 aliphatic carbocycles. The number of aromatic nitrogens is 3. The maximum absolute atomic E-state index is 12.9. The zero-order chi connectivity index (χ0) is 31.3. The van der Waals surface area contributed by atoms with Gasteiger partial charge in [-0.25, -0.2) is 15.0 Å². The third-order valence-electron chi connectivity index (χ3n) is 8.39. The Kier molecular flexibility index (Phi) is 9.95. The number of rotatable bonds is 11. The standard InChI is InChI=1S/C33H44N6O5/c1-22-30(44-21-36-22)19-43-27-7-5-24-17-38(12-9-23(24)15-27)18-26(40)6-8-29(41)28-16-31(35-20-34-28)37-25-10-13-39(14-11-25)32(42)33(2,3)4/h5,7,15-16,20-21,25-26,40H,6,8-14,17-19H2,1-4H3,(H,34,35,37)/t26-/m0/s1. The van der Waals surface area contributed by atoms with E-state index in [-0.39, 0.29) is 29.6 Å². The van der Waals surface area contributed by atoms with Crippen molar-refractivity contribution in [3.63, 3.8) is 0 Å². The van der Waals surface area contributed by atoms with E-state index in [2.05, 4.69) is 37.3 Å². The normalized spacial score (nSPS) is 16.8. The van der Waals surface area contributed by atoms with Crippen molar-refractivity contribution >= 4 is 17.5 Å². The number of oxazole rings is 1. The molecular formula is C33H44N6O5. The number of anilines is 1. The first kappa shape index (κ1) is 31.6. The number of ketones is 1. The Morgan fingerprint density at radius 3 is 2.64 bits per heavy atom. The molecule has 1 amide bonds. The van der Waals surface area contributed by atoms with Gasteiger partial charge in [0, 0.05) is 56.7 Å². The van der Waals surface area contributed by atoms with Crippen LogP contribution in [0.5, 0.6) is 5.75 Å². The molecule has 0 saturated carbocycles. The molecule has 0 spiro atoms. The number of nitrogens with zero attached hydrogens (tertiary/aromatic N) is 5. The van der Waals surface area contributed by atoms with Crippen LogP contribution in [-0.4, -0.2) is 79.9 Å². The second-order valence-corrected chi connectivity index (χ2v) is 12.9. The highest BCUT2D eigenvalue weighted by atomic mass is 16.5. The largest absolute Gasteiger partial charge is 0.486 e. The van der Waals surface area contributed by atoms with Crippen LogP contribution in [0.3, 0.4) is 0 Å². The van der Waals surface area contributed by atoms with Gasteiger partial charge in [-0.2, -0.15) is 0 Å². The molecule has 1 atom stereocenters. The van der Waals surface area contributed by atoms with E-state index in [1.807, 2.05) is 38.7 Å². The van der Waals surface area contributed by atoms with Crippen LogP contribution in [0.4, 0.5) is 5.82 Å². The van der Waals surface area contributed by atoms with E-state index in [0.29, 0.717) is 44.2 Å². The summed E-state index contributed by atoms with van der Waals surface area (Å²) in [4.78, 5) is 42.2. The van der Waals surface area contributed by atoms with Gasteiger partial charge in [-0.3, -0.25) is 14.5 Å². The number of piperidine rings is 1. The number of aliphatic hydroxyl groups is 1. The lowest BCUT2D eigenvalue weighted by Crippen LogP contribution is -2.46. The van der Waals surface area contributed by atoms with Gasteiger partial charge in [0.25, 0.3) is 0 Å². The fourth-order valence-electron chi connectivity index (χ4n) is 5.76. The minimum Gasteiger partial charge on any atom is -0.486 e. The molecule has 1 aromatic carbocycles. The number of benzene rings is 1. The van der Waals surface area contributed by atoms with Crippen LogP contribution < -0.4 is 10.1 Å².